The number of hydrogen-bond acceptors (Lipinski definition) is 5. The first-order valence-electron chi connectivity index (χ1n) is 7.30. The molecule has 0 bridgehead atoms. The Balaban J connectivity index is 1.83. The molecule has 0 aromatic rings. The average Bonchev–Trinajstić information content (AvgIpc) is 2.39. The second kappa shape index (κ2) is 6.70. The SMILES string of the molecule is CC1(C)COCCN1S(=O)(=O)CCCN1CCOCC1. The number of ether oxygens (including phenoxy) is 2. The Hall–Kier alpha value is -0.210. The predicted octanol–water partition coefficient (Wildman–Crippen LogP) is 0.149. The molecular formula is C13H26N2O4S. The summed E-state index contributed by atoms with van der Waals surface area (Å²) < 4.78 is 37.2. The van der Waals surface area contributed by atoms with Gasteiger partial charge in [0.25, 0.3) is 0 Å². The van der Waals surface area contributed by atoms with E-state index >= 15 is 0 Å². The van der Waals surface area contributed by atoms with Crippen molar-refractivity contribution >= 4 is 10.0 Å². The molecular weight excluding hydrogens is 280 g/mol. The Kier molecular flexibility index (Phi) is 5.42. The van der Waals surface area contributed by atoms with E-state index in [0.29, 0.717) is 26.2 Å². The largest absolute Gasteiger partial charge is 0.379 e. The van der Waals surface area contributed by atoms with E-state index < -0.39 is 15.6 Å². The van der Waals surface area contributed by atoms with Crippen LogP contribution < -0.4 is 0 Å². The van der Waals surface area contributed by atoms with Crippen LogP contribution in [0.5, 0.6) is 0 Å². The first-order chi connectivity index (χ1) is 9.42. The number of nitrogens with zero attached hydrogens (tertiary/aromatic N) is 2. The van der Waals surface area contributed by atoms with Crippen molar-refractivity contribution in [3.8, 4) is 0 Å². The molecule has 2 aliphatic heterocycles. The van der Waals surface area contributed by atoms with Crippen LogP contribution in [-0.4, -0.2) is 81.5 Å². The van der Waals surface area contributed by atoms with Gasteiger partial charge in [-0.25, -0.2) is 8.42 Å². The first kappa shape index (κ1) is 16.2. The third-order valence-corrected chi connectivity index (χ3v) is 6.04. The van der Waals surface area contributed by atoms with Gasteiger partial charge in [-0.2, -0.15) is 4.31 Å². The van der Waals surface area contributed by atoms with E-state index in [-0.39, 0.29) is 5.75 Å². The normalized spacial score (nSPS) is 25.7. The molecule has 0 amide bonds. The molecule has 0 aromatic heterocycles. The van der Waals surface area contributed by atoms with E-state index in [1.54, 1.807) is 4.31 Å². The summed E-state index contributed by atoms with van der Waals surface area (Å²) in [5.74, 6) is 0.216. The molecule has 2 fully saturated rings. The lowest BCUT2D eigenvalue weighted by molar-refractivity contribution is -0.00777. The van der Waals surface area contributed by atoms with E-state index in [9.17, 15) is 8.42 Å². The molecule has 6 nitrogen and oxygen atoms in total. The molecule has 0 N–H and O–H groups in total. The van der Waals surface area contributed by atoms with Crippen LogP contribution >= 0.6 is 0 Å². The van der Waals surface area contributed by atoms with Gasteiger partial charge in [-0.3, -0.25) is 4.90 Å². The van der Waals surface area contributed by atoms with Gasteiger partial charge in [0.05, 0.1) is 37.7 Å². The molecule has 2 saturated heterocycles. The summed E-state index contributed by atoms with van der Waals surface area (Å²) >= 11 is 0. The highest BCUT2D eigenvalue weighted by atomic mass is 32.2. The zero-order chi connectivity index (χ0) is 14.6. The number of hydrogen-bond donors (Lipinski definition) is 0. The highest BCUT2D eigenvalue weighted by molar-refractivity contribution is 7.89. The molecule has 2 aliphatic rings. The second-order valence-corrected chi connectivity index (χ2v) is 8.07. The van der Waals surface area contributed by atoms with Crippen molar-refractivity contribution in [2.75, 3.05) is 58.4 Å². The van der Waals surface area contributed by atoms with Gasteiger partial charge < -0.3 is 9.47 Å². The fourth-order valence-corrected chi connectivity index (χ4v) is 4.64. The van der Waals surface area contributed by atoms with Crippen molar-refractivity contribution in [2.24, 2.45) is 0 Å². The van der Waals surface area contributed by atoms with Gasteiger partial charge in [0.15, 0.2) is 0 Å². The van der Waals surface area contributed by atoms with Crippen LogP contribution in [0.1, 0.15) is 20.3 Å². The lowest BCUT2D eigenvalue weighted by atomic mass is 10.1. The van der Waals surface area contributed by atoms with Crippen molar-refractivity contribution in [1.29, 1.82) is 0 Å². The van der Waals surface area contributed by atoms with Gasteiger partial charge in [0.1, 0.15) is 0 Å². The fraction of sp³-hybridized carbons (Fsp3) is 1.00. The third-order valence-electron chi connectivity index (χ3n) is 3.89. The zero-order valence-electron chi connectivity index (χ0n) is 12.5. The molecule has 2 heterocycles. The van der Waals surface area contributed by atoms with Crippen LogP contribution in [0.25, 0.3) is 0 Å². The number of sulfonamides is 1. The lowest BCUT2D eigenvalue weighted by Gasteiger charge is -2.40. The molecule has 0 spiro atoms. The van der Waals surface area contributed by atoms with Crippen LogP contribution in [-0.2, 0) is 19.5 Å². The maximum Gasteiger partial charge on any atom is 0.214 e. The maximum atomic E-state index is 12.5. The minimum absolute atomic E-state index is 0.216. The molecule has 0 radical (unpaired) electrons. The van der Waals surface area contributed by atoms with Crippen molar-refractivity contribution < 1.29 is 17.9 Å². The van der Waals surface area contributed by atoms with Gasteiger partial charge in [0, 0.05) is 19.6 Å². The van der Waals surface area contributed by atoms with E-state index in [1.165, 1.54) is 0 Å². The summed E-state index contributed by atoms with van der Waals surface area (Å²) in [5, 5.41) is 0. The van der Waals surface area contributed by atoms with E-state index in [2.05, 4.69) is 4.90 Å². The van der Waals surface area contributed by atoms with Crippen LogP contribution in [0.2, 0.25) is 0 Å². The molecule has 0 aromatic carbocycles. The Morgan fingerprint density at radius 3 is 2.35 bits per heavy atom. The number of morpholine rings is 2. The summed E-state index contributed by atoms with van der Waals surface area (Å²) in [6.07, 6.45) is 0.676. The van der Waals surface area contributed by atoms with Gasteiger partial charge in [0.2, 0.25) is 10.0 Å². The molecule has 2 rings (SSSR count). The molecule has 0 aliphatic carbocycles. The molecule has 20 heavy (non-hydrogen) atoms. The van der Waals surface area contributed by atoms with Gasteiger partial charge in [-0.1, -0.05) is 0 Å². The van der Waals surface area contributed by atoms with E-state index in [0.717, 1.165) is 32.8 Å². The van der Waals surface area contributed by atoms with Crippen LogP contribution in [0.4, 0.5) is 0 Å². The van der Waals surface area contributed by atoms with E-state index in [4.69, 9.17) is 9.47 Å². The molecule has 0 saturated carbocycles. The zero-order valence-corrected chi connectivity index (χ0v) is 13.3. The van der Waals surface area contributed by atoms with Crippen molar-refractivity contribution in [1.82, 2.24) is 9.21 Å². The molecule has 0 unspecified atom stereocenters. The topological polar surface area (TPSA) is 59.1 Å². The monoisotopic (exact) mass is 306 g/mol. The fourth-order valence-electron chi connectivity index (χ4n) is 2.77. The lowest BCUT2D eigenvalue weighted by Crippen LogP contribution is -2.56. The molecule has 0 atom stereocenters. The van der Waals surface area contributed by atoms with E-state index in [1.807, 2.05) is 13.8 Å². The predicted molar refractivity (Wildman–Crippen MR) is 77.3 cm³/mol. The van der Waals surface area contributed by atoms with Crippen LogP contribution in [0, 0.1) is 0 Å². The number of rotatable bonds is 5. The minimum atomic E-state index is -3.20. The van der Waals surface area contributed by atoms with Crippen molar-refractivity contribution in [3.63, 3.8) is 0 Å². The summed E-state index contributed by atoms with van der Waals surface area (Å²) in [6, 6.07) is 0. The van der Waals surface area contributed by atoms with Gasteiger partial charge in [-0.15, -0.1) is 0 Å². The minimum Gasteiger partial charge on any atom is -0.379 e. The van der Waals surface area contributed by atoms with Crippen molar-refractivity contribution in [3.05, 3.63) is 0 Å². The standard InChI is InChI=1S/C13H26N2O4S/c1-13(2)12-19-10-7-15(13)20(16,17)11-3-4-14-5-8-18-9-6-14/h3-12H2,1-2H3. The third kappa shape index (κ3) is 4.14. The highest BCUT2D eigenvalue weighted by Gasteiger charge is 2.38. The summed E-state index contributed by atoms with van der Waals surface area (Å²) in [4.78, 5) is 2.27. The molecule has 7 heteroatoms. The Morgan fingerprint density at radius 1 is 1.05 bits per heavy atom. The average molecular weight is 306 g/mol. The summed E-state index contributed by atoms with van der Waals surface area (Å²) in [7, 11) is -3.20. The van der Waals surface area contributed by atoms with Gasteiger partial charge >= 0.3 is 0 Å². The second-order valence-electron chi connectivity index (χ2n) is 6.06. The smallest absolute Gasteiger partial charge is 0.214 e. The Bertz CT molecular complexity index is 405. The maximum absolute atomic E-state index is 12.5. The van der Waals surface area contributed by atoms with Crippen molar-refractivity contribution in [2.45, 2.75) is 25.8 Å². The summed E-state index contributed by atoms with van der Waals surface area (Å²) in [5.41, 5.74) is -0.434. The molecule has 118 valence electrons. The quantitative estimate of drug-likeness (QED) is 0.723. The Labute approximate surface area is 122 Å². The van der Waals surface area contributed by atoms with Crippen LogP contribution in [0.3, 0.4) is 0 Å². The highest BCUT2D eigenvalue weighted by Crippen LogP contribution is 2.23. The van der Waals surface area contributed by atoms with Crippen LogP contribution in [0.15, 0.2) is 0 Å². The first-order valence-corrected chi connectivity index (χ1v) is 8.91. The van der Waals surface area contributed by atoms with Gasteiger partial charge in [-0.05, 0) is 26.8 Å². The Morgan fingerprint density at radius 2 is 1.70 bits per heavy atom. The summed E-state index contributed by atoms with van der Waals surface area (Å²) in [6.45, 7) is 9.41.